The van der Waals surface area contributed by atoms with Gasteiger partial charge < -0.3 is 12.6 Å². The van der Waals surface area contributed by atoms with E-state index in [1.54, 1.807) is 6.20 Å². The second-order valence-corrected chi connectivity index (χ2v) is 2.11. The van der Waals surface area contributed by atoms with Crippen molar-refractivity contribution in [2.75, 3.05) is 0 Å². The molecule has 0 aromatic carbocycles. The Morgan fingerprint density at radius 3 is 2.44 bits per heavy atom. The number of hydrogen-bond acceptors (Lipinski definition) is 2. The third-order valence-corrected chi connectivity index (χ3v) is 1.13. The average Bonchev–Trinajstić information content (AvgIpc) is 1.77. The van der Waals surface area contributed by atoms with Crippen LogP contribution < -0.4 is 18.9 Å². The molecule has 1 aromatic heterocycles. The van der Waals surface area contributed by atoms with Gasteiger partial charge in [-0.05, 0) is 13.0 Å². The maximum Gasteiger partial charge on any atom is 1.00 e. The van der Waals surface area contributed by atoms with Crippen molar-refractivity contribution in [2.24, 2.45) is 0 Å². The molecule has 1 nitrogen and oxygen atoms in total. The molecule has 0 amide bonds. The molecule has 0 bridgehead atoms. The number of aryl methyl sites for hydroxylation is 1. The largest absolute Gasteiger partial charge is 1.00 e. The minimum Gasteiger partial charge on any atom is -0.778 e. The molecule has 9 heavy (non-hydrogen) atoms. The normalized spacial score (nSPS) is 8.11. The quantitative estimate of drug-likeness (QED) is 0.307. The van der Waals surface area contributed by atoms with Gasteiger partial charge in [0, 0.05) is 11.9 Å². The van der Waals surface area contributed by atoms with E-state index >= 15 is 0 Å². The summed E-state index contributed by atoms with van der Waals surface area (Å²) in [4.78, 5) is 4.78. The van der Waals surface area contributed by atoms with E-state index in [0.29, 0.717) is 0 Å². The van der Waals surface area contributed by atoms with Crippen LogP contribution in [0.3, 0.4) is 0 Å². The predicted molar refractivity (Wildman–Crippen MR) is 34.6 cm³/mol. The molecule has 0 atom stereocenters. The van der Waals surface area contributed by atoms with E-state index in [2.05, 4.69) is 4.98 Å². The van der Waals surface area contributed by atoms with Gasteiger partial charge in [-0.1, -0.05) is 6.07 Å². The first-order valence-corrected chi connectivity index (χ1v) is 2.79. The molecule has 0 saturated heterocycles. The van der Waals surface area contributed by atoms with Gasteiger partial charge >= 0.3 is 18.9 Å². The first kappa shape index (κ1) is 8.97. The van der Waals surface area contributed by atoms with E-state index in [1.165, 1.54) is 0 Å². The first-order valence-electron chi connectivity index (χ1n) is 2.39. The van der Waals surface area contributed by atoms with E-state index < -0.39 is 0 Å². The van der Waals surface area contributed by atoms with Gasteiger partial charge in [0.15, 0.2) is 0 Å². The zero-order chi connectivity index (χ0) is 5.98. The van der Waals surface area contributed by atoms with Gasteiger partial charge in [-0.3, -0.25) is 4.98 Å². The third kappa shape index (κ3) is 2.86. The van der Waals surface area contributed by atoms with Crippen molar-refractivity contribution < 1.29 is 18.9 Å². The van der Waals surface area contributed by atoms with Crippen molar-refractivity contribution in [1.82, 2.24) is 4.98 Å². The van der Waals surface area contributed by atoms with Crippen LogP contribution in [0.15, 0.2) is 23.2 Å². The van der Waals surface area contributed by atoms with Crippen molar-refractivity contribution in [3.8, 4) is 0 Å². The molecule has 0 unspecified atom stereocenters. The molecule has 0 N–H and O–H groups in total. The Bertz CT molecular complexity index is 152. The Morgan fingerprint density at radius 1 is 1.44 bits per heavy atom. The van der Waals surface area contributed by atoms with Gasteiger partial charge in [0.2, 0.25) is 0 Å². The van der Waals surface area contributed by atoms with Gasteiger partial charge in [0.1, 0.15) is 0 Å². The molecule has 0 radical (unpaired) electrons. The zero-order valence-electron chi connectivity index (χ0n) is 5.59. The summed E-state index contributed by atoms with van der Waals surface area (Å²) in [6.07, 6.45) is 1.69. The molecule has 3 heteroatoms. The van der Waals surface area contributed by atoms with E-state index in [0.717, 1.165) is 10.6 Å². The van der Waals surface area contributed by atoms with Crippen LogP contribution in [-0.4, -0.2) is 4.98 Å². The van der Waals surface area contributed by atoms with Gasteiger partial charge in [0.25, 0.3) is 0 Å². The number of rotatable bonds is 0. The maximum absolute atomic E-state index is 4.81. The Hall–Kier alpha value is -0.0326. The Labute approximate surface area is 72.5 Å². The van der Waals surface area contributed by atoms with E-state index in [4.69, 9.17) is 12.6 Å². The summed E-state index contributed by atoms with van der Waals surface area (Å²) >= 11 is 4.81. The van der Waals surface area contributed by atoms with Crippen LogP contribution in [0.5, 0.6) is 0 Å². The Morgan fingerprint density at radius 2 is 2.11 bits per heavy atom. The number of aromatic nitrogens is 1. The Kier molecular flexibility index (Phi) is 3.88. The molecule has 1 aromatic rings. The second-order valence-electron chi connectivity index (χ2n) is 1.64. The van der Waals surface area contributed by atoms with Crippen molar-refractivity contribution in [3.05, 3.63) is 24.0 Å². The van der Waals surface area contributed by atoms with Crippen LogP contribution in [0, 0.1) is 6.92 Å². The van der Waals surface area contributed by atoms with Gasteiger partial charge in [-0.25, -0.2) is 0 Å². The standard InChI is InChI=1S/C6H7NS.Li/c1-5-2-3-6(8)4-7-5;/h2-4,8H,1H3;/q;+1/p-1. The van der Waals surface area contributed by atoms with Crippen LogP contribution in [0.1, 0.15) is 5.69 Å². The monoisotopic (exact) mass is 131 g/mol. The van der Waals surface area contributed by atoms with Crippen molar-refractivity contribution >= 4 is 12.6 Å². The molecule has 42 valence electrons. The van der Waals surface area contributed by atoms with Crippen LogP contribution in [-0.2, 0) is 12.6 Å². The van der Waals surface area contributed by atoms with Gasteiger partial charge in [-0.15, -0.1) is 0 Å². The number of hydrogen-bond donors (Lipinski definition) is 0. The average molecular weight is 131 g/mol. The van der Waals surface area contributed by atoms with Gasteiger partial charge in [0.05, 0.1) is 0 Å². The van der Waals surface area contributed by atoms with Crippen LogP contribution in [0.4, 0.5) is 0 Å². The predicted octanol–water partition coefficient (Wildman–Crippen LogP) is -1.70. The topological polar surface area (TPSA) is 12.9 Å². The molecule has 0 aliphatic heterocycles. The van der Waals surface area contributed by atoms with Crippen molar-refractivity contribution in [2.45, 2.75) is 11.8 Å². The first-order chi connectivity index (χ1) is 3.79. The zero-order valence-corrected chi connectivity index (χ0v) is 6.40. The number of nitrogens with zero attached hydrogens (tertiary/aromatic N) is 1. The third-order valence-electron chi connectivity index (χ3n) is 0.884. The van der Waals surface area contributed by atoms with Crippen LogP contribution in [0.25, 0.3) is 0 Å². The fourth-order valence-electron chi connectivity index (χ4n) is 0.454. The molecule has 0 aliphatic carbocycles. The molecule has 0 spiro atoms. The smallest absolute Gasteiger partial charge is 0.778 e. The fourth-order valence-corrected chi connectivity index (χ4v) is 0.575. The van der Waals surface area contributed by atoms with Crippen molar-refractivity contribution in [3.63, 3.8) is 0 Å². The second kappa shape index (κ2) is 3.89. The molecular weight excluding hydrogens is 125 g/mol. The Balaban J connectivity index is 0.000000640. The summed E-state index contributed by atoms with van der Waals surface area (Å²) in [6, 6.07) is 3.78. The molecule has 0 fully saturated rings. The van der Waals surface area contributed by atoms with E-state index in [-0.39, 0.29) is 18.9 Å². The molecule has 0 aliphatic rings. The molecule has 1 rings (SSSR count). The minimum atomic E-state index is 0. The minimum absolute atomic E-state index is 0. The van der Waals surface area contributed by atoms with Crippen LogP contribution >= 0.6 is 0 Å². The maximum atomic E-state index is 4.81. The summed E-state index contributed by atoms with van der Waals surface area (Å²) in [6.45, 7) is 1.94. The molecule has 0 saturated carbocycles. The summed E-state index contributed by atoms with van der Waals surface area (Å²) in [7, 11) is 0. The molecule has 1 heterocycles. The number of pyridine rings is 1. The van der Waals surface area contributed by atoms with Crippen molar-refractivity contribution in [1.29, 1.82) is 0 Å². The summed E-state index contributed by atoms with van der Waals surface area (Å²) in [5.41, 5.74) is 1.01. The van der Waals surface area contributed by atoms with Crippen LogP contribution in [0.2, 0.25) is 0 Å². The van der Waals surface area contributed by atoms with E-state index in [1.807, 2.05) is 19.1 Å². The fraction of sp³-hybridized carbons (Fsp3) is 0.167. The summed E-state index contributed by atoms with van der Waals surface area (Å²) in [5.74, 6) is 0. The van der Waals surface area contributed by atoms with E-state index in [9.17, 15) is 0 Å². The molecular formula is C6H6LiNS. The van der Waals surface area contributed by atoms with Gasteiger partial charge in [-0.2, -0.15) is 4.90 Å². The summed E-state index contributed by atoms with van der Waals surface area (Å²) < 4.78 is 0. The summed E-state index contributed by atoms with van der Waals surface area (Å²) in [5, 5.41) is 0. The SMILES string of the molecule is Cc1ccc([S-])cn1.[Li+].